The molecule has 1 atom stereocenters. The average molecular weight is 304 g/mol. The van der Waals surface area contributed by atoms with Gasteiger partial charge in [0.05, 0.1) is 5.35 Å². The first-order chi connectivity index (χ1) is 10.7. The van der Waals surface area contributed by atoms with Crippen molar-refractivity contribution in [2.45, 2.75) is 20.0 Å². The van der Waals surface area contributed by atoms with Gasteiger partial charge in [-0.2, -0.15) is 0 Å². The molecule has 0 amide bonds. The quantitative estimate of drug-likeness (QED) is 0.768. The minimum atomic E-state index is 0.0215. The zero-order valence-corrected chi connectivity index (χ0v) is 13.3. The summed E-state index contributed by atoms with van der Waals surface area (Å²) in [6.45, 7) is 13.5. The maximum Gasteiger partial charge on any atom is 0.189 e. The molecule has 0 spiro atoms. The van der Waals surface area contributed by atoms with Gasteiger partial charge in [0.2, 0.25) is 0 Å². The van der Waals surface area contributed by atoms with E-state index in [-0.39, 0.29) is 6.10 Å². The molecule has 0 aromatic carbocycles. The van der Waals surface area contributed by atoms with Crippen LogP contribution in [0.4, 0.5) is 0 Å². The van der Waals surface area contributed by atoms with Gasteiger partial charge in [0.15, 0.2) is 11.5 Å². The second-order valence-electron chi connectivity index (χ2n) is 5.73. The Morgan fingerprint density at radius 1 is 1.41 bits per heavy atom. The van der Waals surface area contributed by atoms with Crippen LogP contribution in [0.5, 0.6) is 0 Å². The maximum atomic E-state index is 6.21. The summed E-state index contributed by atoms with van der Waals surface area (Å²) in [5, 5.41) is 4.87. The lowest BCUT2D eigenvalue weighted by Crippen LogP contribution is -2.48. The Bertz CT molecular complexity index is 658. The van der Waals surface area contributed by atoms with E-state index in [9.17, 15) is 0 Å². The van der Waals surface area contributed by atoms with E-state index in [2.05, 4.69) is 26.8 Å². The molecule has 6 heteroatoms. The number of allylic oxidation sites excluding steroid dienone is 1. The van der Waals surface area contributed by atoms with Crippen LogP contribution in [0.15, 0.2) is 11.8 Å². The molecule has 3 heterocycles. The summed E-state index contributed by atoms with van der Waals surface area (Å²) < 4.78 is 12.1. The Morgan fingerprint density at radius 2 is 2.18 bits per heavy atom. The van der Waals surface area contributed by atoms with Crippen molar-refractivity contribution >= 4 is 12.3 Å². The van der Waals surface area contributed by atoms with E-state index in [1.165, 1.54) is 0 Å². The standard InChI is InChI=1S/C16H24N4O2/c1-4-14-16(15-11(2)18-12(3)19-15)22-13(10-21-14)9-20-7-5-17-6-8-20/h4,13,17H,2,5-10H2,1,3H3,(H,18,19)/b14-4+,16-15-. The first-order valence-electron chi connectivity index (χ1n) is 7.82. The fraction of sp³-hybridized carbons (Fsp3) is 0.562. The molecule has 2 aliphatic rings. The molecular weight excluding hydrogens is 280 g/mol. The molecule has 2 N–H and O–H groups in total. The molecule has 1 unspecified atom stereocenters. The van der Waals surface area contributed by atoms with E-state index in [4.69, 9.17) is 9.47 Å². The van der Waals surface area contributed by atoms with Crippen LogP contribution in [0.1, 0.15) is 12.7 Å². The number of nitrogens with zero attached hydrogens (tertiary/aromatic N) is 2. The number of aromatic nitrogens is 2. The fourth-order valence-electron chi connectivity index (χ4n) is 2.89. The number of ether oxygens (including phenoxy) is 2. The molecule has 0 bridgehead atoms. The smallest absolute Gasteiger partial charge is 0.189 e. The molecular formula is C16H24N4O2. The molecule has 6 nitrogen and oxygen atoms in total. The van der Waals surface area contributed by atoms with Gasteiger partial charge in [-0.3, -0.25) is 4.90 Å². The van der Waals surface area contributed by atoms with Gasteiger partial charge in [0.25, 0.3) is 0 Å². The Hall–Kier alpha value is -1.79. The van der Waals surface area contributed by atoms with E-state index < -0.39 is 0 Å². The number of piperazine rings is 1. The third kappa shape index (κ3) is 3.18. The molecule has 120 valence electrons. The van der Waals surface area contributed by atoms with Crippen molar-refractivity contribution in [2.24, 2.45) is 0 Å². The van der Waals surface area contributed by atoms with Crippen molar-refractivity contribution in [1.29, 1.82) is 0 Å². The Kier molecular flexibility index (Phi) is 4.49. The van der Waals surface area contributed by atoms with E-state index >= 15 is 0 Å². The predicted octanol–water partition coefficient (Wildman–Crippen LogP) is -0.539. The number of hydrogen-bond donors (Lipinski definition) is 2. The molecule has 1 aromatic rings. The van der Waals surface area contributed by atoms with Gasteiger partial charge in [-0.25, -0.2) is 4.98 Å². The minimum absolute atomic E-state index is 0.0215. The van der Waals surface area contributed by atoms with Crippen molar-refractivity contribution in [3.63, 3.8) is 0 Å². The van der Waals surface area contributed by atoms with Crippen molar-refractivity contribution in [3.05, 3.63) is 28.4 Å². The number of aromatic amines is 1. The van der Waals surface area contributed by atoms with Crippen molar-refractivity contribution in [2.75, 3.05) is 39.3 Å². The van der Waals surface area contributed by atoms with Gasteiger partial charge in [0, 0.05) is 32.7 Å². The van der Waals surface area contributed by atoms with Gasteiger partial charge in [-0.05, 0) is 19.9 Å². The van der Waals surface area contributed by atoms with Crippen LogP contribution in [-0.4, -0.2) is 60.3 Å². The first kappa shape index (κ1) is 15.1. The van der Waals surface area contributed by atoms with Gasteiger partial charge >= 0.3 is 0 Å². The molecule has 22 heavy (non-hydrogen) atoms. The van der Waals surface area contributed by atoms with Gasteiger partial charge in [-0.15, -0.1) is 0 Å². The maximum absolute atomic E-state index is 6.21. The number of hydrogen-bond acceptors (Lipinski definition) is 5. The monoisotopic (exact) mass is 304 g/mol. The predicted molar refractivity (Wildman–Crippen MR) is 85.4 cm³/mol. The molecule has 0 aliphatic carbocycles. The zero-order valence-electron chi connectivity index (χ0n) is 13.3. The summed E-state index contributed by atoms with van der Waals surface area (Å²) in [4.78, 5) is 10.0. The summed E-state index contributed by atoms with van der Waals surface area (Å²) in [5.41, 5.74) is 0. The van der Waals surface area contributed by atoms with Gasteiger partial charge in [0.1, 0.15) is 23.9 Å². The van der Waals surface area contributed by atoms with Crippen LogP contribution in [0.2, 0.25) is 0 Å². The zero-order chi connectivity index (χ0) is 15.5. The normalized spacial score (nSPS) is 27.5. The van der Waals surface area contributed by atoms with Crippen LogP contribution in [0, 0.1) is 6.92 Å². The molecule has 2 saturated heterocycles. The second-order valence-corrected chi connectivity index (χ2v) is 5.73. The summed E-state index contributed by atoms with van der Waals surface area (Å²) in [7, 11) is 0. The molecule has 2 aliphatic heterocycles. The highest BCUT2D eigenvalue weighted by molar-refractivity contribution is 5.54. The van der Waals surface area contributed by atoms with Gasteiger partial charge < -0.3 is 19.8 Å². The SMILES string of the molecule is C=c1[nH]c(C)n/c1=C1\OC(CN2CCNCC2)CO\C1=C\C. The Morgan fingerprint density at radius 3 is 2.82 bits per heavy atom. The largest absolute Gasteiger partial charge is 0.486 e. The van der Waals surface area contributed by atoms with Gasteiger partial charge in [-0.1, -0.05) is 6.58 Å². The Balaban J connectivity index is 1.83. The van der Waals surface area contributed by atoms with Crippen molar-refractivity contribution in [3.8, 4) is 0 Å². The van der Waals surface area contributed by atoms with E-state index in [1.54, 1.807) is 0 Å². The molecule has 0 radical (unpaired) electrons. The number of imidazole rings is 1. The summed E-state index contributed by atoms with van der Waals surface area (Å²) in [6, 6.07) is 0. The Labute approximate surface area is 130 Å². The highest BCUT2D eigenvalue weighted by Crippen LogP contribution is 2.22. The highest BCUT2D eigenvalue weighted by atomic mass is 16.6. The van der Waals surface area contributed by atoms with Crippen LogP contribution < -0.4 is 16.0 Å². The lowest BCUT2D eigenvalue weighted by Gasteiger charge is -2.34. The topological polar surface area (TPSA) is 62.4 Å². The number of nitrogens with one attached hydrogen (secondary N) is 2. The highest BCUT2D eigenvalue weighted by Gasteiger charge is 2.27. The number of aryl methyl sites for hydroxylation is 1. The fourth-order valence-corrected chi connectivity index (χ4v) is 2.89. The summed E-state index contributed by atoms with van der Waals surface area (Å²) in [5.74, 6) is 2.27. The third-order valence-electron chi connectivity index (χ3n) is 3.98. The van der Waals surface area contributed by atoms with Crippen LogP contribution in [-0.2, 0) is 9.47 Å². The van der Waals surface area contributed by atoms with Crippen LogP contribution >= 0.6 is 0 Å². The van der Waals surface area contributed by atoms with E-state index in [1.807, 2.05) is 19.9 Å². The third-order valence-corrected chi connectivity index (χ3v) is 3.98. The number of H-pyrrole nitrogens is 1. The van der Waals surface area contributed by atoms with Crippen LogP contribution in [0.3, 0.4) is 0 Å². The van der Waals surface area contributed by atoms with E-state index in [0.717, 1.165) is 55.0 Å². The van der Waals surface area contributed by atoms with E-state index in [0.29, 0.717) is 12.4 Å². The van der Waals surface area contributed by atoms with Crippen molar-refractivity contribution < 1.29 is 9.47 Å². The first-order valence-corrected chi connectivity index (χ1v) is 7.82. The lowest BCUT2D eigenvalue weighted by atomic mass is 10.2. The lowest BCUT2D eigenvalue weighted by molar-refractivity contribution is 0.00453. The summed E-state index contributed by atoms with van der Waals surface area (Å²) >= 11 is 0. The second kappa shape index (κ2) is 6.54. The molecule has 2 fully saturated rings. The van der Waals surface area contributed by atoms with Crippen LogP contribution in [0.25, 0.3) is 12.3 Å². The molecule has 1 aromatic heterocycles. The molecule has 0 saturated carbocycles. The number of rotatable bonds is 2. The molecule has 3 rings (SSSR count). The minimum Gasteiger partial charge on any atom is -0.486 e. The summed E-state index contributed by atoms with van der Waals surface area (Å²) in [6.07, 6.45) is 1.94. The average Bonchev–Trinajstić information content (AvgIpc) is 2.87. The van der Waals surface area contributed by atoms with Crippen molar-refractivity contribution in [1.82, 2.24) is 20.2 Å².